The van der Waals surface area contributed by atoms with Gasteiger partial charge in [0.2, 0.25) is 5.56 Å². The summed E-state index contributed by atoms with van der Waals surface area (Å²) in [6.07, 6.45) is 5.81. The lowest BCUT2D eigenvalue weighted by atomic mass is 10.0. The predicted molar refractivity (Wildman–Crippen MR) is 103 cm³/mol. The van der Waals surface area contributed by atoms with Crippen molar-refractivity contribution in [1.29, 1.82) is 0 Å². The molecule has 138 valence electrons. The summed E-state index contributed by atoms with van der Waals surface area (Å²) >= 11 is 0. The summed E-state index contributed by atoms with van der Waals surface area (Å²) in [6.45, 7) is 0.734. The molecule has 1 aromatic carbocycles. The first kappa shape index (κ1) is 17.3. The highest BCUT2D eigenvalue weighted by atomic mass is 16.3. The number of carbonyl (C=O) groups is 1. The molecule has 4 rings (SSSR count). The maximum atomic E-state index is 13.2. The number of hydrogen-bond donors (Lipinski definition) is 1. The van der Waals surface area contributed by atoms with E-state index in [0.717, 1.165) is 49.2 Å². The van der Waals surface area contributed by atoms with E-state index < -0.39 is 0 Å². The fraction of sp³-hybridized carbons (Fsp3) is 0.273. The van der Waals surface area contributed by atoms with Gasteiger partial charge in [-0.15, -0.1) is 0 Å². The van der Waals surface area contributed by atoms with E-state index in [9.17, 15) is 9.59 Å². The fourth-order valence-corrected chi connectivity index (χ4v) is 3.70. The summed E-state index contributed by atoms with van der Waals surface area (Å²) in [5.74, 6) is 0.870. The minimum absolute atomic E-state index is 0.0137. The Morgan fingerprint density at radius 3 is 2.59 bits per heavy atom. The van der Waals surface area contributed by atoms with E-state index in [-0.39, 0.29) is 17.5 Å². The van der Waals surface area contributed by atoms with Crippen LogP contribution < -0.4 is 5.56 Å². The van der Waals surface area contributed by atoms with Gasteiger partial charge in [0.15, 0.2) is 0 Å². The Bertz CT molecular complexity index is 958. The van der Waals surface area contributed by atoms with E-state index in [0.29, 0.717) is 5.56 Å². The van der Waals surface area contributed by atoms with E-state index in [1.54, 1.807) is 12.3 Å². The molecule has 5 nitrogen and oxygen atoms in total. The number of furan rings is 1. The van der Waals surface area contributed by atoms with Gasteiger partial charge in [0, 0.05) is 23.9 Å². The molecule has 0 saturated carbocycles. The number of likely N-dealkylation sites (tertiary alicyclic amines) is 1. The van der Waals surface area contributed by atoms with Gasteiger partial charge in [0.05, 0.1) is 12.3 Å². The van der Waals surface area contributed by atoms with Crippen LogP contribution in [0.15, 0.2) is 70.1 Å². The maximum absolute atomic E-state index is 13.2. The number of hydrogen-bond acceptors (Lipinski definition) is 3. The van der Waals surface area contributed by atoms with E-state index in [4.69, 9.17) is 4.42 Å². The van der Waals surface area contributed by atoms with Crippen LogP contribution in [-0.4, -0.2) is 22.3 Å². The van der Waals surface area contributed by atoms with Gasteiger partial charge in [-0.1, -0.05) is 31.0 Å². The van der Waals surface area contributed by atoms with Gasteiger partial charge in [0.25, 0.3) is 5.91 Å². The highest BCUT2D eigenvalue weighted by molar-refractivity contribution is 5.95. The Labute approximate surface area is 157 Å². The van der Waals surface area contributed by atoms with Gasteiger partial charge in [-0.2, -0.15) is 0 Å². The van der Waals surface area contributed by atoms with Crippen LogP contribution in [0.4, 0.5) is 0 Å². The molecule has 1 aliphatic rings. The zero-order valence-corrected chi connectivity index (χ0v) is 15.1. The summed E-state index contributed by atoms with van der Waals surface area (Å²) in [5.41, 5.74) is 2.13. The summed E-state index contributed by atoms with van der Waals surface area (Å²) in [4.78, 5) is 29.4. The molecule has 5 heteroatoms. The van der Waals surface area contributed by atoms with Crippen LogP contribution in [0, 0.1) is 0 Å². The van der Waals surface area contributed by atoms with Crippen molar-refractivity contribution >= 4 is 5.91 Å². The Morgan fingerprint density at radius 1 is 1.00 bits per heavy atom. The minimum atomic E-state index is -0.140. The van der Waals surface area contributed by atoms with Crippen molar-refractivity contribution in [3.05, 3.63) is 82.5 Å². The van der Waals surface area contributed by atoms with Crippen LogP contribution in [0.25, 0.3) is 11.3 Å². The average Bonchev–Trinajstić information content (AvgIpc) is 3.12. The average molecular weight is 362 g/mol. The lowest BCUT2D eigenvalue weighted by Crippen LogP contribution is -2.34. The molecule has 0 unspecified atom stereocenters. The predicted octanol–water partition coefficient (Wildman–Crippen LogP) is 4.39. The first-order valence-corrected chi connectivity index (χ1v) is 9.36. The first-order valence-electron chi connectivity index (χ1n) is 9.36. The molecule has 27 heavy (non-hydrogen) atoms. The summed E-state index contributed by atoms with van der Waals surface area (Å²) < 4.78 is 5.61. The molecule has 1 saturated heterocycles. The molecule has 1 aliphatic heterocycles. The lowest BCUT2D eigenvalue weighted by Gasteiger charge is -2.28. The molecule has 1 atom stereocenters. The molecule has 3 heterocycles. The Hall–Kier alpha value is -3.08. The Balaban J connectivity index is 1.60. The minimum Gasteiger partial charge on any atom is -0.467 e. The number of aromatic amines is 1. The standard InChI is InChI=1S/C22H22N2O3/c25-21-9-4-6-18(23-21)16-10-12-17(13-11-16)22(26)24-14-3-1-2-7-19(24)20-8-5-15-27-20/h4-6,8-13,15,19H,1-3,7,14H2,(H,23,25)/t19-/m0/s1. The number of nitrogens with one attached hydrogen (secondary N) is 1. The van der Waals surface area contributed by atoms with Crippen LogP contribution in [0.2, 0.25) is 0 Å². The smallest absolute Gasteiger partial charge is 0.254 e. The second kappa shape index (κ2) is 7.66. The largest absolute Gasteiger partial charge is 0.467 e. The lowest BCUT2D eigenvalue weighted by molar-refractivity contribution is 0.0658. The third kappa shape index (κ3) is 3.72. The van der Waals surface area contributed by atoms with Gasteiger partial charge >= 0.3 is 0 Å². The van der Waals surface area contributed by atoms with Gasteiger partial charge in [-0.25, -0.2) is 0 Å². The summed E-state index contributed by atoms with van der Waals surface area (Å²) in [5, 5.41) is 0. The summed E-state index contributed by atoms with van der Waals surface area (Å²) in [7, 11) is 0. The van der Waals surface area contributed by atoms with Gasteiger partial charge in [-0.05, 0) is 48.7 Å². The normalized spacial score (nSPS) is 17.5. The van der Waals surface area contributed by atoms with Crippen molar-refractivity contribution in [3.8, 4) is 11.3 Å². The topological polar surface area (TPSA) is 66.3 Å². The second-order valence-corrected chi connectivity index (χ2v) is 6.89. The first-order chi connectivity index (χ1) is 13.2. The van der Waals surface area contributed by atoms with Crippen LogP contribution in [0.3, 0.4) is 0 Å². The fourth-order valence-electron chi connectivity index (χ4n) is 3.70. The Kier molecular flexibility index (Phi) is 4.92. The van der Waals surface area contributed by atoms with Crippen LogP contribution >= 0.6 is 0 Å². The highest BCUT2D eigenvalue weighted by Crippen LogP contribution is 2.31. The van der Waals surface area contributed by atoms with Crippen molar-refractivity contribution in [2.75, 3.05) is 6.54 Å². The molecular formula is C22H22N2O3. The molecule has 1 amide bonds. The molecule has 1 fully saturated rings. The number of nitrogens with zero attached hydrogens (tertiary/aromatic N) is 1. The van der Waals surface area contributed by atoms with E-state index in [2.05, 4.69) is 4.98 Å². The maximum Gasteiger partial charge on any atom is 0.254 e. The van der Waals surface area contributed by atoms with Crippen LogP contribution in [0.5, 0.6) is 0 Å². The molecule has 0 spiro atoms. The zero-order valence-electron chi connectivity index (χ0n) is 15.1. The van der Waals surface area contributed by atoms with Gasteiger partial charge < -0.3 is 14.3 Å². The molecule has 0 bridgehead atoms. The quantitative estimate of drug-likeness (QED) is 0.751. The molecule has 1 N–H and O–H groups in total. The van der Waals surface area contributed by atoms with Crippen molar-refractivity contribution in [2.24, 2.45) is 0 Å². The number of H-pyrrole nitrogens is 1. The summed E-state index contributed by atoms with van der Waals surface area (Å²) in [6, 6.07) is 16.3. The van der Waals surface area contributed by atoms with Crippen LogP contribution in [0.1, 0.15) is 47.8 Å². The monoisotopic (exact) mass is 362 g/mol. The zero-order chi connectivity index (χ0) is 18.6. The van der Waals surface area contributed by atoms with E-state index in [1.165, 1.54) is 6.07 Å². The number of amides is 1. The molecular weight excluding hydrogens is 340 g/mol. The highest BCUT2D eigenvalue weighted by Gasteiger charge is 2.29. The molecule has 0 aliphatic carbocycles. The van der Waals surface area contributed by atoms with Crippen molar-refractivity contribution in [1.82, 2.24) is 9.88 Å². The number of benzene rings is 1. The van der Waals surface area contributed by atoms with Crippen molar-refractivity contribution in [2.45, 2.75) is 31.7 Å². The third-order valence-corrected chi connectivity index (χ3v) is 5.10. The van der Waals surface area contributed by atoms with Crippen molar-refractivity contribution in [3.63, 3.8) is 0 Å². The number of pyridine rings is 1. The van der Waals surface area contributed by atoms with E-state index in [1.807, 2.05) is 47.4 Å². The SMILES string of the molecule is O=C(c1ccc(-c2cccc(=O)[nH]2)cc1)N1CCCCC[C@H]1c1ccco1. The molecule has 3 aromatic rings. The van der Waals surface area contributed by atoms with Crippen LogP contribution in [-0.2, 0) is 0 Å². The number of aromatic nitrogens is 1. The molecule has 0 radical (unpaired) electrons. The third-order valence-electron chi connectivity index (χ3n) is 5.10. The Morgan fingerprint density at radius 2 is 1.85 bits per heavy atom. The van der Waals surface area contributed by atoms with E-state index >= 15 is 0 Å². The van der Waals surface area contributed by atoms with Gasteiger partial charge in [0.1, 0.15) is 5.76 Å². The van der Waals surface area contributed by atoms with Gasteiger partial charge in [-0.3, -0.25) is 9.59 Å². The number of rotatable bonds is 3. The molecule has 2 aromatic heterocycles. The number of carbonyl (C=O) groups excluding carboxylic acids is 1. The van der Waals surface area contributed by atoms with Crippen molar-refractivity contribution < 1.29 is 9.21 Å². The second-order valence-electron chi connectivity index (χ2n) is 6.89.